The van der Waals surface area contributed by atoms with Gasteiger partial charge >= 0.3 is 13.6 Å². The largest absolute Gasteiger partial charge is 0.462 e. The zero-order valence-corrected chi connectivity index (χ0v) is 19.0. The topological polar surface area (TPSA) is 241 Å². The molecule has 2 aromatic rings. The van der Waals surface area contributed by atoms with Crippen LogP contribution in [0.1, 0.15) is 6.23 Å². The second-order valence-electron chi connectivity index (χ2n) is 7.12. The van der Waals surface area contributed by atoms with Gasteiger partial charge in [0, 0.05) is 6.54 Å². The van der Waals surface area contributed by atoms with Gasteiger partial charge in [-0.1, -0.05) is 0 Å². The average molecular weight is 525 g/mol. The Kier molecular flexibility index (Phi) is 8.25. The van der Waals surface area contributed by atoms with E-state index in [0.717, 1.165) is 6.33 Å². The number of esters is 1. The van der Waals surface area contributed by atoms with E-state index in [-0.39, 0.29) is 36.1 Å². The number of fused-ring (bicyclic) bond motifs is 1. The first kappa shape index (κ1) is 26.0. The van der Waals surface area contributed by atoms with E-state index in [2.05, 4.69) is 20.3 Å². The molecule has 0 saturated carbocycles. The van der Waals surface area contributed by atoms with Gasteiger partial charge in [-0.2, -0.15) is 4.98 Å². The summed E-state index contributed by atoms with van der Waals surface area (Å²) in [6.45, 7) is -1.01. The van der Waals surface area contributed by atoms with Crippen molar-refractivity contribution in [2.75, 3.05) is 37.5 Å². The fraction of sp³-hybridized carbons (Fsp3) is 0.562. The summed E-state index contributed by atoms with van der Waals surface area (Å²) in [5.74, 6) is -2.11. The number of aromatic amines is 1. The molecular formula is C16H22ClN6O10P. The number of carbonyl (C=O) groups is 2. The van der Waals surface area contributed by atoms with Crippen LogP contribution in [-0.2, 0) is 28.2 Å². The molecule has 3 rings (SSSR count). The lowest BCUT2D eigenvalue weighted by Gasteiger charge is -2.16. The van der Waals surface area contributed by atoms with Crippen molar-refractivity contribution in [3.05, 3.63) is 16.7 Å². The fourth-order valence-electron chi connectivity index (χ4n) is 3.08. The SMILES string of the molecule is Nc1nc2c(ncn2[C@@H]2O[C@H](COC(=O)CP(=O)(O)OCCNC(=O)CCl)[C@@H](O)[C@H]2O)c(=O)[nH]1. The maximum absolute atomic E-state index is 12.0. The van der Waals surface area contributed by atoms with Crippen LogP contribution in [0.5, 0.6) is 0 Å². The molecule has 16 nitrogen and oxygen atoms in total. The minimum atomic E-state index is -4.37. The summed E-state index contributed by atoms with van der Waals surface area (Å²) >= 11 is 5.29. The Bertz CT molecular complexity index is 1160. The number of carbonyl (C=O) groups excluding carboxylic acids is 2. The molecule has 1 amide bonds. The van der Waals surface area contributed by atoms with Crippen LogP contribution in [0, 0.1) is 0 Å². The lowest BCUT2D eigenvalue weighted by molar-refractivity contribution is -0.147. The lowest BCUT2D eigenvalue weighted by Crippen LogP contribution is -2.34. The van der Waals surface area contributed by atoms with E-state index in [1.165, 1.54) is 4.57 Å². The predicted molar refractivity (Wildman–Crippen MR) is 114 cm³/mol. The molecule has 1 aliphatic rings. The second-order valence-corrected chi connectivity index (χ2v) is 9.23. The Morgan fingerprint density at radius 1 is 1.38 bits per heavy atom. The third-order valence-electron chi connectivity index (χ3n) is 4.64. The molecule has 0 spiro atoms. The highest BCUT2D eigenvalue weighted by Gasteiger charge is 2.45. The van der Waals surface area contributed by atoms with Gasteiger partial charge in [-0.25, -0.2) is 4.98 Å². The third kappa shape index (κ3) is 6.09. The third-order valence-corrected chi connectivity index (χ3v) is 6.12. The molecule has 0 bridgehead atoms. The van der Waals surface area contributed by atoms with Crippen molar-refractivity contribution in [2.24, 2.45) is 0 Å². The summed E-state index contributed by atoms with van der Waals surface area (Å²) in [6, 6.07) is 0. The number of aliphatic hydroxyl groups excluding tert-OH is 2. The van der Waals surface area contributed by atoms with Gasteiger partial charge in [-0.3, -0.25) is 28.5 Å². The Labute approximate surface area is 195 Å². The van der Waals surface area contributed by atoms with Crippen molar-refractivity contribution in [3.63, 3.8) is 0 Å². The van der Waals surface area contributed by atoms with Crippen LogP contribution >= 0.6 is 19.2 Å². The number of halogens is 1. The smallest absolute Gasteiger partial charge is 0.339 e. The molecule has 3 heterocycles. The van der Waals surface area contributed by atoms with Gasteiger partial charge in [0.15, 0.2) is 17.4 Å². The average Bonchev–Trinajstić information content (AvgIpc) is 3.30. The van der Waals surface area contributed by atoms with E-state index >= 15 is 0 Å². The number of anilines is 1. The summed E-state index contributed by atoms with van der Waals surface area (Å²) in [5, 5.41) is 23.0. The van der Waals surface area contributed by atoms with Gasteiger partial charge in [0.1, 0.15) is 37.0 Å². The molecule has 2 aromatic heterocycles. The number of H-pyrrole nitrogens is 1. The minimum absolute atomic E-state index is 0.00394. The van der Waals surface area contributed by atoms with E-state index in [9.17, 15) is 34.1 Å². The second kappa shape index (κ2) is 10.8. The highest BCUT2D eigenvalue weighted by atomic mass is 35.5. The van der Waals surface area contributed by atoms with Gasteiger partial charge in [-0.05, 0) is 0 Å². The lowest BCUT2D eigenvalue weighted by atomic mass is 10.1. The van der Waals surface area contributed by atoms with Gasteiger partial charge in [0.2, 0.25) is 11.9 Å². The summed E-state index contributed by atoms with van der Waals surface area (Å²) in [6.07, 6.45) is -5.32. The van der Waals surface area contributed by atoms with Crippen molar-refractivity contribution < 1.29 is 43.3 Å². The van der Waals surface area contributed by atoms with Gasteiger partial charge < -0.3 is 40.2 Å². The van der Waals surface area contributed by atoms with Crippen molar-refractivity contribution in [2.45, 2.75) is 24.5 Å². The maximum atomic E-state index is 12.0. The molecule has 1 aliphatic heterocycles. The molecule has 1 saturated heterocycles. The summed E-state index contributed by atoms with van der Waals surface area (Å²) < 4.78 is 28.3. The molecule has 0 radical (unpaired) electrons. The van der Waals surface area contributed by atoms with Crippen LogP contribution in [0.3, 0.4) is 0 Å². The Morgan fingerprint density at radius 3 is 2.82 bits per heavy atom. The minimum Gasteiger partial charge on any atom is -0.462 e. The van der Waals surface area contributed by atoms with Crippen molar-refractivity contribution >= 4 is 48.2 Å². The molecule has 1 unspecified atom stereocenters. The quantitative estimate of drug-likeness (QED) is 0.0810. The molecule has 7 N–H and O–H groups in total. The number of alkyl halides is 1. The number of amides is 1. The normalized spacial score (nSPS) is 24.1. The Balaban J connectivity index is 1.55. The number of hydrogen-bond acceptors (Lipinski definition) is 12. The highest BCUT2D eigenvalue weighted by Crippen LogP contribution is 2.41. The summed E-state index contributed by atoms with van der Waals surface area (Å²) in [7, 11) is -4.37. The van der Waals surface area contributed by atoms with Gasteiger partial charge in [0.25, 0.3) is 5.56 Å². The fourth-order valence-corrected chi connectivity index (χ4v) is 4.06. The van der Waals surface area contributed by atoms with Crippen LogP contribution in [-0.4, -0.2) is 96.6 Å². The summed E-state index contributed by atoms with van der Waals surface area (Å²) in [4.78, 5) is 54.7. The number of nitrogens with zero attached hydrogens (tertiary/aromatic N) is 3. The number of hydrogen-bond donors (Lipinski definition) is 6. The van der Waals surface area contributed by atoms with Crippen LogP contribution in [0.15, 0.2) is 11.1 Å². The highest BCUT2D eigenvalue weighted by molar-refractivity contribution is 7.53. The number of nitrogens with one attached hydrogen (secondary N) is 2. The van der Waals surface area contributed by atoms with E-state index in [0.29, 0.717) is 0 Å². The number of nitrogens with two attached hydrogens (primary N) is 1. The number of ether oxygens (including phenoxy) is 2. The first-order valence-corrected chi connectivity index (χ1v) is 12.0. The molecule has 5 atom stereocenters. The molecule has 188 valence electrons. The number of rotatable bonds is 10. The first-order valence-electron chi connectivity index (χ1n) is 9.71. The van der Waals surface area contributed by atoms with Crippen molar-refractivity contribution in [1.82, 2.24) is 24.8 Å². The Morgan fingerprint density at radius 2 is 2.12 bits per heavy atom. The molecule has 1 fully saturated rings. The number of aliphatic hydroxyl groups is 2. The van der Waals surface area contributed by atoms with E-state index in [1.54, 1.807) is 0 Å². The van der Waals surface area contributed by atoms with Crippen molar-refractivity contribution in [3.8, 4) is 0 Å². The van der Waals surface area contributed by atoms with E-state index in [4.69, 9.17) is 31.3 Å². The molecule has 18 heteroatoms. The maximum Gasteiger partial charge on any atom is 0.339 e. The Hall–Kier alpha value is -2.59. The molecule has 0 aromatic carbocycles. The number of imidazole rings is 1. The zero-order chi connectivity index (χ0) is 25.0. The monoisotopic (exact) mass is 524 g/mol. The van der Waals surface area contributed by atoms with Crippen molar-refractivity contribution in [1.29, 1.82) is 0 Å². The van der Waals surface area contributed by atoms with Crippen LogP contribution in [0.4, 0.5) is 5.95 Å². The van der Waals surface area contributed by atoms with Crippen LogP contribution in [0.25, 0.3) is 11.2 Å². The first-order chi connectivity index (χ1) is 16.0. The van der Waals surface area contributed by atoms with E-state index in [1.807, 2.05) is 0 Å². The van der Waals surface area contributed by atoms with Gasteiger partial charge in [0.05, 0.1) is 12.9 Å². The van der Waals surface area contributed by atoms with E-state index < -0.39 is 62.3 Å². The van der Waals surface area contributed by atoms with Crippen LogP contribution < -0.4 is 16.6 Å². The standard InChI is InChI=1S/C16H22ClN6O10P/c17-3-8(24)19-1-2-32-34(29,30)5-9(25)31-4-7-11(26)12(27)15(33-7)23-6-20-10-13(23)21-16(18)22-14(10)28/h6-7,11-12,15,26-27H,1-5H2,(H,19,24)(H,29,30)(H3,18,21,22,28)/t7-,11-,12-,15-/m1/s1. The number of nitrogen functional groups attached to an aromatic ring is 1. The number of aromatic nitrogens is 4. The van der Waals surface area contributed by atoms with Crippen LogP contribution in [0.2, 0.25) is 0 Å². The summed E-state index contributed by atoms with van der Waals surface area (Å²) in [5.41, 5.74) is 4.84. The molecule has 0 aliphatic carbocycles. The molecular weight excluding hydrogens is 503 g/mol. The van der Waals surface area contributed by atoms with Gasteiger partial charge in [-0.15, -0.1) is 11.6 Å². The predicted octanol–water partition coefficient (Wildman–Crippen LogP) is -2.58. The zero-order valence-electron chi connectivity index (χ0n) is 17.4. The molecule has 34 heavy (non-hydrogen) atoms.